The average molecular weight is 293 g/mol. The van der Waals surface area contributed by atoms with Crippen molar-refractivity contribution >= 4 is 6.09 Å². The van der Waals surface area contributed by atoms with E-state index in [1.807, 2.05) is 30.3 Å². The van der Waals surface area contributed by atoms with E-state index in [-0.39, 0.29) is 31.3 Å². The Hall–Kier alpha value is -1.59. The fourth-order valence-corrected chi connectivity index (χ4v) is 2.74. The molecule has 0 radical (unpaired) electrons. The quantitative estimate of drug-likeness (QED) is 0.872. The van der Waals surface area contributed by atoms with Crippen LogP contribution in [0.1, 0.15) is 24.8 Å². The third-order valence-electron chi connectivity index (χ3n) is 4.02. The van der Waals surface area contributed by atoms with Gasteiger partial charge >= 0.3 is 6.09 Å². The fourth-order valence-electron chi connectivity index (χ4n) is 2.74. The molecule has 0 aliphatic heterocycles. The molecular formula is C16H23NO4. The molecule has 1 amide bonds. The number of aliphatic hydroxyl groups excluding tert-OH is 1. The summed E-state index contributed by atoms with van der Waals surface area (Å²) in [7, 11) is 1.68. The standard InChI is InChI=1S/C16H23NO4/c1-20-14-7-8-15(13(9-14)10-18)17-16(19)21-11-12-5-3-2-4-6-12/h2-6,13-15,18H,7-11H2,1H3,(H,17,19)/t13-,14+,15-/m0/s1. The van der Waals surface area contributed by atoms with Crippen molar-refractivity contribution in [3.63, 3.8) is 0 Å². The maximum Gasteiger partial charge on any atom is 0.407 e. The number of methoxy groups -OCH3 is 1. The van der Waals surface area contributed by atoms with Crippen LogP contribution in [0.2, 0.25) is 0 Å². The Bertz CT molecular complexity index is 437. The number of rotatable bonds is 5. The van der Waals surface area contributed by atoms with Gasteiger partial charge in [-0.2, -0.15) is 0 Å². The Morgan fingerprint density at radius 2 is 2.10 bits per heavy atom. The molecule has 0 heterocycles. The highest BCUT2D eigenvalue weighted by molar-refractivity contribution is 5.67. The molecule has 1 aromatic rings. The summed E-state index contributed by atoms with van der Waals surface area (Å²) in [4.78, 5) is 11.9. The largest absolute Gasteiger partial charge is 0.445 e. The lowest BCUT2D eigenvalue weighted by molar-refractivity contribution is 0.0204. The minimum Gasteiger partial charge on any atom is -0.445 e. The molecule has 0 spiro atoms. The van der Waals surface area contributed by atoms with E-state index >= 15 is 0 Å². The summed E-state index contributed by atoms with van der Waals surface area (Å²) in [6, 6.07) is 9.50. The molecular weight excluding hydrogens is 270 g/mol. The van der Waals surface area contributed by atoms with Gasteiger partial charge in [0.1, 0.15) is 6.61 Å². The Morgan fingerprint density at radius 1 is 1.33 bits per heavy atom. The number of ether oxygens (including phenoxy) is 2. The fraction of sp³-hybridized carbons (Fsp3) is 0.562. The monoisotopic (exact) mass is 293 g/mol. The summed E-state index contributed by atoms with van der Waals surface area (Å²) in [5, 5.41) is 12.3. The number of amides is 1. The summed E-state index contributed by atoms with van der Waals surface area (Å²) in [6.45, 7) is 0.299. The van der Waals surface area contributed by atoms with Crippen LogP contribution in [0, 0.1) is 5.92 Å². The Morgan fingerprint density at radius 3 is 2.76 bits per heavy atom. The molecule has 1 saturated carbocycles. The molecule has 5 heteroatoms. The summed E-state index contributed by atoms with van der Waals surface area (Å²) < 4.78 is 10.5. The highest BCUT2D eigenvalue weighted by Gasteiger charge is 2.31. The van der Waals surface area contributed by atoms with E-state index in [1.54, 1.807) is 7.11 Å². The lowest BCUT2D eigenvalue weighted by Gasteiger charge is -2.34. The van der Waals surface area contributed by atoms with Gasteiger partial charge in [0.2, 0.25) is 0 Å². The Kier molecular flexibility index (Phi) is 6.02. The first kappa shape index (κ1) is 15.8. The first-order valence-electron chi connectivity index (χ1n) is 7.33. The normalized spacial score (nSPS) is 25.3. The molecule has 0 bridgehead atoms. The van der Waals surface area contributed by atoms with Crippen LogP contribution in [0.5, 0.6) is 0 Å². The number of carbonyl (C=O) groups is 1. The molecule has 1 aliphatic carbocycles. The number of alkyl carbamates (subject to hydrolysis) is 1. The van der Waals surface area contributed by atoms with Crippen LogP contribution in [0.3, 0.4) is 0 Å². The topological polar surface area (TPSA) is 67.8 Å². The zero-order valence-corrected chi connectivity index (χ0v) is 12.3. The molecule has 5 nitrogen and oxygen atoms in total. The minimum atomic E-state index is -0.432. The number of carbonyl (C=O) groups excluding carboxylic acids is 1. The predicted molar refractivity (Wildman–Crippen MR) is 78.8 cm³/mol. The molecule has 21 heavy (non-hydrogen) atoms. The van der Waals surface area contributed by atoms with Gasteiger partial charge in [-0.25, -0.2) is 4.79 Å². The van der Waals surface area contributed by atoms with Gasteiger partial charge in [0.15, 0.2) is 0 Å². The average Bonchev–Trinajstić information content (AvgIpc) is 2.54. The van der Waals surface area contributed by atoms with E-state index in [1.165, 1.54) is 0 Å². The summed E-state index contributed by atoms with van der Waals surface area (Å²) >= 11 is 0. The van der Waals surface area contributed by atoms with E-state index in [9.17, 15) is 9.90 Å². The van der Waals surface area contributed by atoms with E-state index in [2.05, 4.69) is 5.32 Å². The van der Waals surface area contributed by atoms with Gasteiger partial charge in [0, 0.05) is 25.7 Å². The summed E-state index contributed by atoms with van der Waals surface area (Å²) in [5.74, 6) is 0.0213. The smallest absolute Gasteiger partial charge is 0.407 e. The van der Waals surface area contributed by atoms with Gasteiger partial charge in [-0.15, -0.1) is 0 Å². The van der Waals surface area contributed by atoms with Gasteiger partial charge in [-0.05, 0) is 24.8 Å². The summed E-state index contributed by atoms with van der Waals surface area (Å²) in [5.41, 5.74) is 0.953. The zero-order chi connectivity index (χ0) is 15.1. The predicted octanol–water partition coefficient (Wildman–Crippen LogP) is 2.09. The number of nitrogens with one attached hydrogen (secondary N) is 1. The molecule has 2 rings (SSSR count). The molecule has 0 aromatic heterocycles. The van der Waals surface area contributed by atoms with E-state index in [4.69, 9.17) is 9.47 Å². The second-order valence-electron chi connectivity index (χ2n) is 5.43. The Labute approximate surface area is 125 Å². The molecule has 1 fully saturated rings. The molecule has 3 atom stereocenters. The van der Waals surface area contributed by atoms with Crippen molar-refractivity contribution in [2.24, 2.45) is 5.92 Å². The van der Waals surface area contributed by atoms with Crippen molar-refractivity contribution in [1.29, 1.82) is 0 Å². The van der Waals surface area contributed by atoms with Crippen LogP contribution in [0.4, 0.5) is 4.79 Å². The second kappa shape index (κ2) is 8.00. The van der Waals surface area contributed by atoms with Crippen molar-refractivity contribution in [1.82, 2.24) is 5.32 Å². The van der Waals surface area contributed by atoms with Crippen LogP contribution in [-0.4, -0.2) is 37.1 Å². The van der Waals surface area contributed by atoms with Gasteiger partial charge in [-0.3, -0.25) is 0 Å². The second-order valence-corrected chi connectivity index (χ2v) is 5.43. The van der Waals surface area contributed by atoms with Crippen LogP contribution in [0.25, 0.3) is 0 Å². The molecule has 2 N–H and O–H groups in total. The third kappa shape index (κ3) is 4.72. The van der Waals surface area contributed by atoms with Crippen molar-refractivity contribution in [2.75, 3.05) is 13.7 Å². The molecule has 1 aliphatic rings. The molecule has 1 aromatic carbocycles. The van der Waals surface area contributed by atoms with Crippen LogP contribution >= 0.6 is 0 Å². The number of hydrogen-bond acceptors (Lipinski definition) is 4. The highest BCUT2D eigenvalue weighted by atomic mass is 16.5. The lowest BCUT2D eigenvalue weighted by atomic mass is 9.83. The molecule has 0 unspecified atom stereocenters. The van der Waals surface area contributed by atoms with Gasteiger partial charge < -0.3 is 19.9 Å². The highest BCUT2D eigenvalue weighted by Crippen LogP contribution is 2.26. The maximum atomic E-state index is 11.9. The van der Waals surface area contributed by atoms with Gasteiger partial charge in [0.05, 0.1) is 6.10 Å². The third-order valence-corrected chi connectivity index (χ3v) is 4.02. The van der Waals surface area contributed by atoms with Crippen molar-refractivity contribution < 1.29 is 19.4 Å². The maximum absolute atomic E-state index is 11.9. The lowest BCUT2D eigenvalue weighted by Crippen LogP contribution is -2.46. The zero-order valence-electron chi connectivity index (χ0n) is 12.3. The van der Waals surface area contributed by atoms with E-state index in [0.29, 0.717) is 0 Å². The minimum absolute atomic E-state index is 0.0213. The van der Waals surface area contributed by atoms with Crippen LogP contribution in [0.15, 0.2) is 30.3 Å². The SMILES string of the molecule is CO[C@@H]1CC[C@H](NC(=O)OCc2ccccc2)[C@H](CO)C1. The number of benzene rings is 1. The van der Waals surface area contributed by atoms with Crippen molar-refractivity contribution in [3.8, 4) is 0 Å². The van der Waals surface area contributed by atoms with Crippen LogP contribution < -0.4 is 5.32 Å². The number of aliphatic hydroxyl groups is 1. The molecule has 116 valence electrons. The Balaban J connectivity index is 1.79. The van der Waals surface area contributed by atoms with Crippen molar-refractivity contribution in [3.05, 3.63) is 35.9 Å². The molecule has 0 saturated heterocycles. The van der Waals surface area contributed by atoms with Gasteiger partial charge in [0.25, 0.3) is 0 Å². The first-order chi connectivity index (χ1) is 10.2. The van der Waals surface area contributed by atoms with Gasteiger partial charge in [-0.1, -0.05) is 30.3 Å². The van der Waals surface area contributed by atoms with Crippen LogP contribution in [-0.2, 0) is 16.1 Å². The summed E-state index contributed by atoms with van der Waals surface area (Å²) in [6.07, 6.45) is 2.18. The van der Waals surface area contributed by atoms with E-state index < -0.39 is 6.09 Å². The first-order valence-corrected chi connectivity index (χ1v) is 7.33. The van der Waals surface area contributed by atoms with E-state index in [0.717, 1.165) is 24.8 Å². The number of hydrogen-bond donors (Lipinski definition) is 2. The van der Waals surface area contributed by atoms with Crippen molar-refractivity contribution in [2.45, 2.75) is 38.0 Å².